The van der Waals surface area contributed by atoms with Crippen LogP contribution in [0.4, 0.5) is 0 Å². The van der Waals surface area contributed by atoms with Gasteiger partial charge < -0.3 is 15.5 Å². The number of nitrogens with one attached hydrogen (secondary N) is 2. The second-order valence-electron chi connectivity index (χ2n) is 3.85. The normalized spacial score (nSPS) is 19.6. The number of likely N-dealkylation sites (tertiary alicyclic amines) is 1. The molecule has 0 saturated carbocycles. The molecule has 0 aromatic heterocycles. The smallest absolute Gasteiger partial charge is 0.236 e. The largest absolute Gasteiger partial charge is 0.353 e. The lowest BCUT2D eigenvalue weighted by atomic mass is 10.3. The van der Waals surface area contributed by atoms with E-state index in [0.29, 0.717) is 0 Å². The van der Waals surface area contributed by atoms with Crippen molar-refractivity contribution in [2.24, 2.45) is 0 Å². The molecule has 1 aliphatic heterocycles. The van der Waals surface area contributed by atoms with Gasteiger partial charge in [-0.25, -0.2) is 0 Å². The van der Waals surface area contributed by atoms with Crippen molar-refractivity contribution in [3.8, 4) is 0 Å². The molecule has 1 amide bonds. The van der Waals surface area contributed by atoms with Crippen molar-refractivity contribution in [2.75, 3.05) is 33.2 Å². The summed E-state index contributed by atoms with van der Waals surface area (Å²) in [7, 11) is 1.80. The van der Waals surface area contributed by atoms with Gasteiger partial charge in [0.25, 0.3) is 0 Å². The first kappa shape index (κ1) is 11.5. The van der Waals surface area contributed by atoms with Crippen LogP contribution in [0.1, 0.15) is 19.8 Å². The lowest BCUT2D eigenvalue weighted by Gasteiger charge is -2.16. The van der Waals surface area contributed by atoms with Crippen LogP contribution in [0.2, 0.25) is 0 Å². The van der Waals surface area contributed by atoms with E-state index in [-0.39, 0.29) is 11.9 Å². The number of likely N-dealkylation sites (N-methyl/N-ethyl adjacent to an activating group) is 1. The van der Waals surface area contributed by atoms with Crippen LogP contribution in [0.3, 0.4) is 0 Å². The first-order chi connectivity index (χ1) is 6.74. The number of carbonyl (C=O) groups is 1. The average molecular weight is 199 g/mol. The lowest BCUT2D eigenvalue weighted by molar-refractivity contribution is -0.122. The molecule has 0 spiro atoms. The zero-order valence-corrected chi connectivity index (χ0v) is 9.18. The van der Waals surface area contributed by atoms with Crippen LogP contribution in [0.15, 0.2) is 0 Å². The molecule has 0 radical (unpaired) electrons. The van der Waals surface area contributed by atoms with Crippen LogP contribution in [-0.2, 0) is 4.79 Å². The molecule has 1 atom stereocenters. The summed E-state index contributed by atoms with van der Waals surface area (Å²) in [6.07, 6.45) is 2.61. The van der Waals surface area contributed by atoms with Crippen LogP contribution in [0, 0.1) is 0 Å². The summed E-state index contributed by atoms with van der Waals surface area (Å²) in [6, 6.07) is -0.0893. The zero-order chi connectivity index (χ0) is 10.4. The van der Waals surface area contributed by atoms with E-state index in [0.717, 1.165) is 13.1 Å². The van der Waals surface area contributed by atoms with Crippen molar-refractivity contribution < 1.29 is 4.79 Å². The van der Waals surface area contributed by atoms with E-state index in [9.17, 15) is 4.79 Å². The van der Waals surface area contributed by atoms with E-state index >= 15 is 0 Å². The summed E-state index contributed by atoms with van der Waals surface area (Å²) in [5, 5.41) is 5.83. The standard InChI is InChI=1S/C10H21N3O/c1-9(11-2)10(14)12-5-8-13-6-3-4-7-13/h9,11H,3-8H2,1-2H3,(H,12,14). The molecule has 4 heteroatoms. The van der Waals surface area contributed by atoms with E-state index in [1.54, 1.807) is 7.05 Å². The Hall–Kier alpha value is -0.610. The maximum absolute atomic E-state index is 11.4. The van der Waals surface area contributed by atoms with E-state index in [1.807, 2.05) is 6.92 Å². The number of amides is 1. The molecule has 2 N–H and O–H groups in total. The molecule has 0 aromatic rings. The summed E-state index contributed by atoms with van der Waals surface area (Å²) < 4.78 is 0. The summed E-state index contributed by atoms with van der Waals surface area (Å²) in [5.41, 5.74) is 0. The third-order valence-electron chi connectivity index (χ3n) is 2.75. The van der Waals surface area contributed by atoms with Crippen LogP contribution in [0.5, 0.6) is 0 Å². The van der Waals surface area contributed by atoms with E-state index in [1.165, 1.54) is 25.9 Å². The molecule has 1 unspecified atom stereocenters. The quantitative estimate of drug-likeness (QED) is 0.645. The topological polar surface area (TPSA) is 44.4 Å². The Morgan fingerprint density at radius 1 is 1.43 bits per heavy atom. The molecule has 1 fully saturated rings. The Morgan fingerprint density at radius 3 is 2.64 bits per heavy atom. The van der Waals surface area contributed by atoms with Gasteiger partial charge in [0.2, 0.25) is 5.91 Å². The number of hydrogen-bond acceptors (Lipinski definition) is 3. The van der Waals surface area contributed by atoms with Gasteiger partial charge in [-0.15, -0.1) is 0 Å². The Kier molecular flexibility index (Phi) is 4.90. The SMILES string of the molecule is CNC(C)C(=O)NCCN1CCCC1. The molecular weight excluding hydrogens is 178 g/mol. The fourth-order valence-corrected chi connectivity index (χ4v) is 1.63. The minimum atomic E-state index is -0.0893. The highest BCUT2D eigenvalue weighted by Gasteiger charge is 2.12. The van der Waals surface area contributed by atoms with E-state index < -0.39 is 0 Å². The highest BCUT2D eigenvalue weighted by Crippen LogP contribution is 2.05. The van der Waals surface area contributed by atoms with E-state index in [2.05, 4.69) is 15.5 Å². The minimum Gasteiger partial charge on any atom is -0.353 e. The second kappa shape index (κ2) is 5.98. The average Bonchev–Trinajstić information content (AvgIpc) is 2.69. The maximum atomic E-state index is 11.4. The molecule has 0 aromatic carbocycles. The van der Waals surface area contributed by atoms with E-state index in [4.69, 9.17) is 0 Å². The first-order valence-electron chi connectivity index (χ1n) is 5.41. The number of nitrogens with zero attached hydrogens (tertiary/aromatic N) is 1. The maximum Gasteiger partial charge on any atom is 0.236 e. The minimum absolute atomic E-state index is 0.0893. The van der Waals surface area contributed by atoms with Gasteiger partial charge >= 0.3 is 0 Å². The fraction of sp³-hybridized carbons (Fsp3) is 0.900. The van der Waals surface area contributed by atoms with Gasteiger partial charge in [-0.3, -0.25) is 4.79 Å². The molecule has 0 bridgehead atoms. The Labute approximate surface area is 86.0 Å². The van der Waals surface area contributed by atoms with Crippen molar-refractivity contribution in [3.05, 3.63) is 0 Å². The van der Waals surface area contributed by atoms with Crippen LogP contribution in [0.25, 0.3) is 0 Å². The van der Waals surface area contributed by atoms with Gasteiger partial charge in [0, 0.05) is 13.1 Å². The van der Waals surface area contributed by atoms with Crippen molar-refractivity contribution >= 4 is 5.91 Å². The van der Waals surface area contributed by atoms with Crippen molar-refractivity contribution in [2.45, 2.75) is 25.8 Å². The van der Waals surface area contributed by atoms with Crippen molar-refractivity contribution in [1.29, 1.82) is 0 Å². The van der Waals surface area contributed by atoms with Gasteiger partial charge in [0.1, 0.15) is 0 Å². The number of hydrogen-bond donors (Lipinski definition) is 2. The van der Waals surface area contributed by atoms with Crippen LogP contribution >= 0.6 is 0 Å². The van der Waals surface area contributed by atoms with Gasteiger partial charge in [0.05, 0.1) is 6.04 Å². The summed E-state index contributed by atoms with van der Waals surface area (Å²) in [6.45, 7) is 6.01. The van der Waals surface area contributed by atoms with Gasteiger partial charge in [0.15, 0.2) is 0 Å². The summed E-state index contributed by atoms with van der Waals surface area (Å²) >= 11 is 0. The zero-order valence-electron chi connectivity index (χ0n) is 9.18. The highest BCUT2D eigenvalue weighted by molar-refractivity contribution is 5.81. The summed E-state index contributed by atoms with van der Waals surface area (Å²) in [4.78, 5) is 13.7. The number of rotatable bonds is 5. The number of carbonyl (C=O) groups excluding carboxylic acids is 1. The highest BCUT2D eigenvalue weighted by atomic mass is 16.2. The van der Waals surface area contributed by atoms with Gasteiger partial charge in [-0.05, 0) is 39.9 Å². The van der Waals surface area contributed by atoms with Crippen LogP contribution < -0.4 is 10.6 Å². The Bertz CT molecular complexity index is 178. The second-order valence-corrected chi connectivity index (χ2v) is 3.85. The molecule has 1 rings (SSSR count). The monoisotopic (exact) mass is 199 g/mol. The molecule has 1 heterocycles. The third-order valence-corrected chi connectivity index (χ3v) is 2.75. The van der Waals surface area contributed by atoms with Crippen molar-refractivity contribution in [1.82, 2.24) is 15.5 Å². The first-order valence-corrected chi connectivity index (χ1v) is 5.41. The molecule has 14 heavy (non-hydrogen) atoms. The molecular formula is C10H21N3O. The van der Waals surface area contributed by atoms with Gasteiger partial charge in [-0.1, -0.05) is 0 Å². The summed E-state index contributed by atoms with van der Waals surface area (Å²) in [5.74, 6) is 0.0895. The molecule has 82 valence electrons. The Balaban J connectivity index is 2.05. The Morgan fingerprint density at radius 2 is 2.07 bits per heavy atom. The molecule has 4 nitrogen and oxygen atoms in total. The predicted molar refractivity (Wildman–Crippen MR) is 57.2 cm³/mol. The van der Waals surface area contributed by atoms with Crippen molar-refractivity contribution in [3.63, 3.8) is 0 Å². The molecule has 1 saturated heterocycles. The van der Waals surface area contributed by atoms with Gasteiger partial charge in [-0.2, -0.15) is 0 Å². The molecule has 0 aliphatic carbocycles. The fourth-order valence-electron chi connectivity index (χ4n) is 1.63. The van der Waals surface area contributed by atoms with Crippen LogP contribution in [-0.4, -0.2) is 50.1 Å². The lowest BCUT2D eigenvalue weighted by Crippen LogP contribution is -2.43. The third kappa shape index (κ3) is 3.64. The molecule has 1 aliphatic rings. The predicted octanol–water partition coefficient (Wildman–Crippen LogP) is -0.194.